The van der Waals surface area contributed by atoms with Crippen LogP contribution in [0.25, 0.3) is 5.65 Å². The number of fused-ring (bicyclic) bond motifs is 1. The van der Waals surface area contributed by atoms with Crippen LogP contribution in [0.2, 0.25) is 0 Å². The van der Waals surface area contributed by atoms with Gasteiger partial charge in [0.25, 0.3) is 0 Å². The number of carboxylic acid groups (broad SMARTS) is 1. The first-order valence-corrected chi connectivity index (χ1v) is 5.88. The van der Waals surface area contributed by atoms with Crippen LogP contribution in [-0.4, -0.2) is 36.7 Å². The summed E-state index contributed by atoms with van der Waals surface area (Å²) in [5, 5.41) is 20.0. The largest absolute Gasteiger partial charge is 0.481 e. The molecule has 0 bridgehead atoms. The summed E-state index contributed by atoms with van der Waals surface area (Å²) in [6.07, 6.45) is 7.23. The van der Waals surface area contributed by atoms with Crippen molar-refractivity contribution in [3.8, 4) is 0 Å². The summed E-state index contributed by atoms with van der Waals surface area (Å²) in [5.74, 6) is -0.306. The summed E-state index contributed by atoms with van der Waals surface area (Å²) in [6, 6.07) is 0.140. The van der Waals surface area contributed by atoms with Gasteiger partial charge in [0.15, 0.2) is 5.82 Å². The first kappa shape index (κ1) is 10.9. The fraction of sp³-hybridized carbons (Fsp3) is 0.455. The van der Waals surface area contributed by atoms with Gasteiger partial charge in [0.05, 0.1) is 5.92 Å². The summed E-state index contributed by atoms with van der Waals surface area (Å²) in [6.45, 7) is 0. The molecule has 18 heavy (non-hydrogen) atoms. The van der Waals surface area contributed by atoms with Crippen LogP contribution in [0.4, 0.5) is 5.82 Å². The van der Waals surface area contributed by atoms with E-state index in [0.717, 1.165) is 6.42 Å². The molecule has 94 valence electrons. The Morgan fingerprint density at radius 3 is 3.17 bits per heavy atom. The minimum absolute atomic E-state index is 0.140. The van der Waals surface area contributed by atoms with Gasteiger partial charge < -0.3 is 10.4 Å². The summed E-state index contributed by atoms with van der Waals surface area (Å²) in [5.41, 5.74) is 0.663. The zero-order valence-electron chi connectivity index (χ0n) is 9.65. The van der Waals surface area contributed by atoms with E-state index in [4.69, 9.17) is 5.11 Å². The third-order valence-electron chi connectivity index (χ3n) is 3.34. The fourth-order valence-electron chi connectivity index (χ4n) is 2.39. The number of carboxylic acids is 1. The second-order valence-electron chi connectivity index (χ2n) is 4.53. The highest BCUT2D eigenvalue weighted by molar-refractivity contribution is 5.70. The highest BCUT2D eigenvalue weighted by Crippen LogP contribution is 2.28. The molecule has 1 saturated carbocycles. The van der Waals surface area contributed by atoms with Gasteiger partial charge in [-0.1, -0.05) is 0 Å². The summed E-state index contributed by atoms with van der Waals surface area (Å²) >= 11 is 0. The van der Waals surface area contributed by atoms with Crippen LogP contribution in [0, 0.1) is 5.92 Å². The molecular weight excluding hydrogens is 234 g/mol. The van der Waals surface area contributed by atoms with E-state index < -0.39 is 5.97 Å². The number of hydrogen-bond donors (Lipinski definition) is 2. The minimum atomic E-state index is -0.715. The molecule has 1 aliphatic carbocycles. The molecule has 7 heteroatoms. The Labute approximate surface area is 103 Å². The van der Waals surface area contributed by atoms with Crippen LogP contribution >= 0.6 is 0 Å². The van der Waals surface area contributed by atoms with Crippen LogP contribution in [0.15, 0.2) is 18.7 Å². The van der Waals surface area contributed by atoms with Crippen molar-refractivity contribution in [1.29, 1.82) is 0 Å². The average Bonchev–Trinajstić information content (AvgIpc) is 2.97. The highest BCUT2D eigenvalue weighted by atomic mass is 16.4. The lowest BCUT2D eigenvalue weighted by Gasteiger charge is -2.12. The Morgan fingerprint density at radius 1 is 1.50 bits per heavy atom. The molecule has 1 fully saturated rings. The first-order valence-electron chi connectivity index (χ1n) is 5.88. The van der Waals surface area contributed by atoms with E-state index in [1.165, 1.54) is 0 Å². The van der Waals surface area contributed by atoms with Crippen molar-refractivity contribution in [3.05, 3.63) is 18.7 Å². The van der Waals surface area contributed by atoms with E-state index in [0.29, 0.717) is 24.3 Å². The van der Waals surface area contributed by atoms with Crippen LogP contribution in [0.1, 0.15) is 19.3 Å². The number of anilines is 1. The van der Waals surface area contributed by atoms with Crippen LogP contribution < -0.4 is 5.32 Å². The van der Waals surface area contributed by atoms with Crippen LogP contribution in [-0.2, 0) is 4.79 Å². The van der Waals surface area contributed by atoms with Crippen molar-refractivity contribution < 1.29 is 9.90 Å². The van der Waals surface area contributed by atoms with E-state index in [2.05, 4.69) is 20.5 Å². The fourth-order valence-corrected chi connectivity index (χ4v) is 2.39. The molecule has 0 saturated heterocycles. The van der Waals surface area contributed by atoms with E-state index >= 15 is 0 Å². The summed E-state index contributed by atoms with van der Waals surface area (Å²) < 4.78 is 1.78. The molecule has 0 aromatic carbocycles. The van der Waals surface area contributed by atoms with Gasteiger partial charge in [0.2, 0.25) is 5.65 Å². The summed E-state index contributed by atoms with van der Waals surface area (Å²) in [7, 11) is 0. The van der Waals surface area contributed by atoms with E-state index in [-0.39, 0.29) is 12.0 Å². The Bertz CT molecular complexity index is 582. The third kappa shape index (κ3) is 1.87. The number of rotatable bonds is 3. The lowest BCUT2D eigenvalue weighted by molar-refractivity contribution is -0.141. The standard InChI is InChI=1S/C11H13N5O2/c17-11(18)7-1-2-8(5-7)14-9-10-15-13-6-16(10)4-3-12-9/h3-4,6-8H,1-2,5H2,(H,12,14)(H,17,18). The van der Waals surface area contributed by atoms with E-state index in [1.54, 1.807) is 23.1 Å². The SMILES string of the molecule is O=C(O)C1CCC(Nc2nccn3cnnc23)C1. The lowest BCUT2D eigenvalue weighted by atomic mass is 10.1. The molecule has 2 unspecified atom stereocenters. The molecule has 2 aromatic heterocycles. The maximum absolute atomic E-state index is 10.9. The van der Waals surface area contributed by atoms with Crippen molar-refractivity contribution in [1.82, 2.24) is 19.6 Å². The Kier molecular flexibility index (Phi) is 2.58. The van der Waals surface area contributed by atoms with E-state index in [1.807, 2.05) is 0 Å². The number of aromatic nitrogens is 4. The normalized spacial score (nSPS) is 23.3. The summed E-state index contributed by atoms with van der Waals surface area (Å²) in [4.78, 5) is 15.1. The van der Waals surface area contributed by atoms with Crippen LogP contribution in [0.3, 0.4) is 0 Å². The van der Waals surface area contributed by atoms with Crippen molar-refractivity contribution in [3.63, 3.8) is 0 Å². The molecule has 3 rings (SSSR count). The number of nitrogens with zero attached hydrogens (tertiary/aromatic N) is 4. The molecule has 1 aliphatic rings. The zero-order chi connectivity index (χ0) is 12.5. The predicted octanol–water partition coefficient (Wildman–Crippen LogP) is 0.789. The quantitative estimate of drug-likeness (QED) is 0.833. The van der Waals surface area contributed by atoms with Gasteiger partial charge in [-0.2, -0.15) is 0 Å². The zero-order valence-corrected chi connectivity index (χ0v) is 9.65. The number of nitrogens with one attached hydrogen (secondary N) is 1. The first-order chi connectivity index (χ1) is 8.74. The Morgan fingerprint density at radius 2 is 2.39 bits per heavy atom. The average molecular weight is 247 g/mol. The molecule has 0 radical (unpaired) electrons. The molecule has 2 atom stereocenters. The van der Waals surface area contributed by atoms with Gasteiger partial charge in [-0.3, -0.25) is 9.20 Å². The maximum atomic E-state index is 10.9. The minimum Gasteiger partial charge on any atom is -0.481 e. The van der Waals surface area contributed by atoms with Gasteiger partial charge in [-0.05, 0) is 19.3 Å². The second-order valence-corrected chi connectivity index (χ2v) is 4.53. The van der Waals surface area contributed by atoms with Gasteiger partial charge >= 0.3 is 5.97 Å². The molecule has 7 nitrogen and oxygen atoms in total. The third-order valence-corrected chi connectivity index (χ3v) is 3.34. The number of carbonyl (C=O) groups is 1. The van der Waals surface area contributed by atoms with Crippen molar-refractivity contribution >= 4 is 17.4 Å². The van der Waals surface area contributed by atoms with Gasteiger partial charge in [0.1, 0.15) is 6.33 Å². The molecule has 2 N–H and O–H groups in total. The molecule has 0 amide bonds. The van der Waals surface area contributed by atoms with Crippen molar-refractivity contribution in [2.75, 3.05) is 5.32 Å². The van der Waals surface area contributed by atoms with Gasteiger partial charge in [-0.25, -0.2) is 4.98 Å². The Hall–Kier alpha value is -2.18. The molecule has 2 heterocycles. The van der Waals surface area contributed by atoms with Gasteiger partial charge in [-0.15, -0.1) is 10.2 Å². The van der Waals surface area contributed by atoms with E-state index in [9.17, 15) is 4.79 Å². The second kappa shape index (κ2) is 4.25. The smallest absolute Gasteiger partial charge is 0.306 e. The van der Waals surface area contributed by atoms with Gasteiger partial charge in [0, 0.05) is 18.4 Å². The Balaban J connectivity index is 1.77. The molecule has 2 aromatic rings. The monoisotopic (exact) mass is 247 g/mol. The molecule has 0 aliphatic heterocycles. The number of aliphatic carboxylic acids is 1. The molecular formula is C11H13N5O2. The lowest BCUT2D eigenvalue weighted by Crippen LogP contribution is -2.19. The number of hydrogen-bond acceptors (Lipinski definition) is 5. The predicted molar refractivity (Wildman–Crippen MR) is 63.2 cm³/mol. The molecule has 0 spiro atoms. The highest BCUT2D eigenvalue weighted by Gasteiger charge is 2.30. The van der Waals surface area contributed by atoms with Crippen LogP contribution in [0.5, 0.6) is 0 Å². The van der Waals surface area contributed by atoms with Crippen molar-refractivity contribution in [2.24, 2.45) is 5.92 Å². The van der Waals surface area contributed by atoms with Crippen molar-refractivity contribution in [2.45, 2.75) is 25.3 Å². The maximum Gasteiger partial charge on any atom is 0.306 e. The topological polar surface area (TPSA) is 92.4 Å².